The molecule has 34 heavy (non-hydrogen) atoms. The van der Waals surface area contributed by atoms with Crippen molar-refractivity contribution in [1.82, 2.24) is 0 Å². The highest BCUT2D eigenvalue weighted by Gasteiger charge is 2.25. The van der Waals surface area contributed by atoms with Crippen LogP contribution < -0.4 is 9.62 Å². The first kappa shape index (κ1) is 24.7. The van der Waals surface area contributed by atoms with Gasteiger partial charge >= 0.3 is 5.97 Å². The molecule has 0 saturated heterocycles. The van der Waals surface area contributed by atoms with Crippen LogP contribution in [0, 0.1) is 0 Å². The average Bonchev–Trinajstić information content (AvgIpc) is 2.82. The van der Waals surface area contributed by atoms with Crippen LogP contribution >= 0.6 is 0 Å². The number of amides is 1. The summed E-state index contributed by atoms with van der Waals surface area (Å²) in [5.74, 6) is -1.67. The third-order valence-electron chi connectivity index (χ3n) is 4.95. The van der Waals surface area contributed by atoms with Gasteiger partial charge in [0, 0.05) is 24.0 Å². The molecule has 1 N–H and O–H groups in total. The molecule has 0 aliphatic rings. The van der Waals surface area contributed by atoms with Crippen LogP contribution in [0.15, 0.2) is 78.9 Å². The Labute approximate surface area is 198 Å². The van der Waals surface area contributed by atoms with Gasteiger partial charge in [-0.1, -0.05) is 30.3 Å². The van der Waals surface area contributed by atoms with E-state index < -0.39 is 33.8 Å². The van der Waals surface area contributed by atoms with E-state index in [0.717, 1.165) is 6.26 Å². The maximum atomic E-state index is 13.0. The number of carbonyl (C=O) groups excluding carboxylic acids is 3. The van der Waals surface area contributed by atoms with Gasteiger partial charge in [0.15, 0.2) is 6.10 Å². The zero-order chi connectivity index (χ0) is 24.9. The van der Waals surface area contributed by atoms with Crippen molar-refractivity contribution in [3.05, 3.63) is 95.6 Å². The summed E-state index contributed by atoms with van der Waals surface area (Å²) in [5.41, 5.74) is 1.40. The summed E-state index contributed by atoms with van der Waals surface area (Å²) in [5, 5.41) is 0. The van der Waals surface area contributed by atoms with E-state index in [-0.39, 0.29) is 16.7 Å². The molecule has 0 aliphatic heterocycles. The number of benzene rings is 3. The number of ether oxygens (including phenoxy) is 1. The minimum atomic E-state index is -3.44. The molecule has 0 radical (unpaired) electrons. The number of carbonyl (C=O) groups is 3. The average molecular weight is 481 g/mol. The second-order valence-corrected chi connectivity index (χ2v) is 9.36. The van der Waals surface area contributed by atoms with Gasteiger partial charge in [-0.05, 0) is 55.5 Å². The van der Waals surface area contributed by atoms with E-state index in [9.17, 15) is 22.8 Å². The number of esters is 1. The number of hydrogen-bond acceptors (Lipinski definition) is 6. The lowest BCUT2D eigenvalue weighted by Gasteiger charge is -2.19. The molecule has 0 aromatic heterocycles. The van der Waals surface area contributed by atoms with Crippen LogP contribution in [-0.2, 0) is 14.8 Å². The highest BCUT2D eigenvalue weighted by molar-refractivity contribution is 7.92. The number of nitrogens with one attached hydrogen (secondary N) is 1. The van der Waals surface area contributed by atoms with Crippen molar-refractivity contribution in [2.24, 2.45) is 0 Å². The highest BCUT2D eigenvalue weighted by Crippen LogP contribution is 2.19. The van der Waals surface area contributed by atoms with Crippen LogP contribution in [0.3, 0.4) is 0 Å². The summed E-state index contributed by atoms with van der Waals surface area (Å²) >= 11 is 0. The summed E-state index contributed by atoms with van der Waals surface area (Å²) in [6.45, 7) is 1.43. The zero-order valence-corrected chi connectivity index (χ0v) is 19.7. The Morgan fingerprint density at radius 2 is 1.41 bits per heavy atom. The van der Waals surface area contributed by atoms with Crippen LogP contribution in [0.1, 0.15) is 38.0 Å². The van der Waals surface area contributed by atoms with E-state index in [0.29, 0.717) is 11.4 Å². The minimum absolute atomic E-state index is 0.0441. The number of hydrogen-bond donors (Lipinski definition) is 1. The molecular formula is C25H24N2O6S. The number of sulfonamides is 1. The van der Waals surface area contributed by atoms with Gasteiger partial charge in [0.1, 0.15) is 0 Å². The lowest BCUT2D eigenvalue weighted by molar-refractivity contribution is 0.0317. The summed E-state index contributed by atoms with van der Waals surface area (Å²) in [7, 11) is -1.84. The van der Waals surface area contributed by atoms with Crippen LogP contribution in [0.25, 0.3) is 0 Å². The topological polar surface area (TPSA) is 110 Å². The minimum Gasteiger partial charge on any atom is -0.451 e. The van der Waals surface area contributed by atoms with Gasteiger partial charge in [-0.25, -0.2) is 13.2 Å². The van der Waals surface area contributed by atoms with E-state index in [1.54, 1.807) is 43.4 Å². The number of ketones is 1. The zero-order valence-electron chi connectivity index (χ0n) is 18.9. The standard InChI is InChI=1S/C25H24N2O6S/c1-17(23(28)18-13-15-19(16-14-18)26-34(3,31)32)33-25(30)22-12-8-7-11-21(22)24(29)27(2)20-9-5-4-6-10-20/h4-17,26H,1-3H3. The van der Waals surface area contributed by atoms with Gasteiger partial charge in [-0.2, -0.15) is 0 Å². The molecule has 0 bridgehead atoms. The van der Waals surface area contributed by atoms with Crippen molar-refractivity contribution in [3.63, 3.8) is 0 Å². The SMILES string of the molecule is CC(OC(=O)c1ccccc1C(=O)N(C)c1ccccc1)C(=O)c1ccc(NS(C)(=O)=O)cc1. The molecule has 0 fully saturated rings. The van der Waals surface area contributed by atoms with Gasteiger partial charge in [0.05, 0.1) is 17.4 Å². The van der Waals surface area contributed by atoms with Gasteiger partial charge in [-0.15, -0.1) is 0 Å². The molecule has 0 saturated carbocycles. The first-order valence-electron chi connectivity index (χ1n) is 10.3. The van der Waals surface area contributed by atoms with Crippen molar-refractivity contribution < 1.29 is 27.5 Å². The molecule has 1 atom stereocenters. The second-order valence-electron chi connectivity index (χ2n) is 7.61. The lowest BCUT2D eigenvalue weighted by atomic mass is 10.0. The maximum absolute atomic E-state index is 13.0. The molecule has 0 heterocycles. The van der Waals surface area contributed by atoms with Crippen LogP contribution in [0.2, 0.25) is 0 Å². The second kappa shape index (κ2) is 10.3. The van der Waals surface area contributed by atoms with Gasteiger partial charge in [-0.3, -0.25) is 14.3 Å². The molecular weight excluding hydrogens is 456 g/mol. The monoisotopic (exact) mass is 480 g/mol. The lowest BCUT2D eigenvalue weighted by Crippen LogP contribution is -2.29. The van der Waals surface area contributed by atoms with Crippen LogP contribution in [0.4, 0.5) is 11.4 Å². The Balaban J connectivity index is 1.74. The number of rotatable bonds is 8. The maximum Gasteiger partial charge on any atom is 0.339 e. The Kier molecular flexibility index (Phi) is 7.47. The van der Waals surface area contributed by atoms with Crippen LogP contribution in [-0.4, -0.2) is 45.5 Å². The van der Waals surface area contributed by atoms with Crippen molar-refractivity contribution in [1.29, 1.82) is 0 Å². The number of Topliss-reactive ketones (excluding diaryl/α,β-unsaturated/α-hetero) is 1. The first-order valence-corrected chi connectivity index (χ1v) is 12.2. The van der Waals surface area contributed by atoms with E-state index in [1.165, 1.54) is 48.2 Å². The molecule has 3 rings (SSSR count). The van der Waals surface area contributed by atoms with Crippen molar-refractivity contribution in [2.45, 2.75) is 13.0 Å². The van der Waals surface area contributed by atoms with E-state index in [2.05, 4.69) is 4.72 Å². The van der Waals surface area contributed by atoms with E-state index in [1.807, 2.05) is 6.07 Å². The van der Waals surface area contributed by atoms with Crippen molar-refractivity contribution >= 4 is 39.1 Å². The Morgan fingerprint density at radius 1 is 0.853 bits per heavy atom. The summed E-state index contributed by atoms with van der Waals surface area (Å²) in [6, 6.07) is 21.0. The molecule has 0 spiro atoms. The normalized spacial score (nSPS) is 11.9. The number of anilines is 2. The molecule has 1 amide bonds. The predicted molar refractivity (Wildman–Crippen MR) is 130 cm³/mol. The van der Waals surface area contributed by atoms with E-state index in [4.69, 9.17) is 4.74 Å². The fourth-order valence-electron chi connectivity index (χ4n) is 3.23. The third-order valence-corrected chi connectivity index (χ3v) is 5.56. The van der Waals surface area contributed by atoms with Crippen molar-refractivity contribution in [3.8, 4) is 0 Å². The molecule has 3 aromatic rings. The third kappa shape index (κ3) is 6.08. The molecule has 1 unspecified atom stereocenters. The Hall–Kier alpha value is -3.98. The summed E-state index contributed by atoms with van der Waals surface area (Å²) < 4.78 is 30.3. The predicted octanol–water partition coefficient (Wildman–Crippen LogP) is 3.76. The summed E-state index contributed by atoms with van der Waals surface area (Å²) in [6.07, 6.45) is -0.107. The quantitative estimate of drug-likeness (QED) is 0.388. The van der Waals surface area contributed by atoms with Crippen LogP contribution in [0.5, 0.6) is 0 Å². The largest absolute Gasteiger partial charge is 0.451 e. The number of nitrogens with zero attached hydrogens (tertiary/aromatic N) is 1. The van der Waals surface area contributed by atoms with Crippen molar-refractivity contribution in [2.75, 3.05) is 22.9 Å². The molecule has 0 aliphatic carbocycles. The Bertz CT molecular complexity index is 1300. The Morgan fingerprint density at radius 3 is 2.00 bits per heavy atom. The van der Waals surface area contributed by atoms with Gasteiger partial charge in [0.2, 0.25) is 15.8 Å². The fraction of sp³-hybridized carbons (Fsp3) is 0.160. The molecule has 8 nitrogen and oxygen atoms in total. The van der Waals surface area contributed by atoms with Gasteiger partial charge in [0.25, 0.3) is 5.91 Å². The molecule has 3 aromatic carbocycles. The highest BCUT2D eigenvalue weighted by atomic mass is 32.2. The van der Waals surface area contributed by atoms with E-state index >= 15 is 0 Å². The molecule has 176 valence electrons. The molecule has 9 heteroatoms. The number of para-hydroxylation sites is 1. The fourth-order valence-corrected chi connectivity index (χ4v) is 3.79. The summed E-state index contributed by atoms with van der Waals surface area (Å²) in [4.78, 5) is 40.1. The smallest absolute Gasteiger partial charge is 0.339 e. The first-order chi connectivity index (χ1) is 16.1. The van der Waals surface area contributed by atoms with Gasteiger partial charge < -0.3 is 9.64 Å².